The number of carbonyl (C=O) groups is 2. The van der Waals surface area contributed by atoms with Crippen LogP contribution in [0.4, 0.5) is 5.69 Å². The van der Waals surface area contributed by atoms with Crippen LogP contribution >= 0.6 is 0 Å². The molecule has 0 saturated heterocycles. The van der Waals surface area contributed by atoms with E-state index in [2.05, 4.69) is 5.32 Å². The number of anilines is 1. The van der Waals surface area contributed by atoms with Crippen molar-refractivity contribution in [3.05, 3.63) is 59.7 Å². The van der Waals surface area contributed by atoms with Gasteiger partial charge in [0.05, 0.1) is 0 Å². The van der Waals surface area contributed by atoms with Gasteiger partial charge in [-0.05, 0) is 55.3 Å². The number of carbonyl (C=O) groups excluding carboxylic acids is 2. The number of aryl methyl sites for hydroxylation is 1. The van der Waals surface area contributed by atoms with E-state index in [9.17, 15) is 9.59 Å². The molecule has 0 aromatic heterocycles. The largest absolute Gasteiger partial charge is 0.481 e. The summed E-state index contributed by atoms with van der Waals surface area (Å²) in [6.07, 6.45) is 0.737. The molecule has 0 aliphatic carbocycles. The van der Waals surface area contributed by atoms with Crippen molar-refractivity contribution < 1.29 is 14.3 Å². The molecule has 0 saturated carbocycles. The SMILES string of the molecule is CCC(Oc1ccc(C=O)cc1)C(=O)Nc1cccc(C)c1. The standard InChI is InChI=1S/C18H19NO3/c1-3-17(22-16-9-7-14(12-20)8-10-16)18(21)19-15-6-4-5-13(2)11-15/h4-12,17H,3H2,1-2H3,(H,19,21). The fraction of sp³-hybridized carbons (Fsp3) is 0.222. The van der Waals surface area contributed by atoms with Crippen molar-refractivity contribution in [2.45, 2.75) is 26.4 Å². The molecule has 0 aliphatic heterocycles. The molecule has 2 aromatic carbocycles. The molecule has 0 radical (unpaired) electrons. The minimum Gasteiger partial charge on any atom is -0.481 e. The van der Waals surface area contributed by atoms with Gasteiger partial charge in [-0.3, -0.25) is 9.59 Å². The maximum Gasteiger partial charge on any atom is 0.265 e. The van der Waals surface area contributed by atoms with Gasteiger partial charge in [0.25, 0.3) is 5.91 Å². The van der Waals surface area contributed by atoms with E-state index in [-0.39, 0.29) is 5.91 Å². The Morgan fingerprint density at radius 1 is 1.23 bits per heavy atom. The van der Waals surface area contributed by atoms with Crippen LogP contribution in [0.5, 0.6) is 5.75 Å². The van der Waals surface area contributed by atoms with E-state index >= 15 is 0 Å². The second-order valence-electron chi connectivity index (χ2n) is 5.06. The Morgan fingerprint density at radius 3 is 2.55 bits per heavy atom. The third kappa shape index (κ3) is 4.19. The van der Waals surface area contributed by atoms with Crippen LogP contribution in [0.2, 0.25) is 0 Å². The Balaban J connectivity index is 2.03. The van der Waals surface area contributed by atoms with Crippen molar-refractivity contribution in [2.24, 2.45) is 0 Å². The maximum absolute atomic E-state index is 12.3. The maximum atomic E-state index is 12.3. The predicted molar refractivity (Wildman–Crippen MR) is 86.3 cm³/mol. The second-order valence-corrected chi connectivity index (χ2v) is 5.06. The predicted octanol–water partition coefficient (Wildman–Crippen LogP) is 3.60. The zero-order valence-corrected chi connectivity index (χ0v) is 12.7. The van der Waals surface area contributed by atoms with Crippen LogP contribution in [0.1, 0.15) is 29.3 Å². The van der Waals surface area contributed by atoms with Crippen LogP contribution in [-0.4, -0.2) is 18.3 Å². The fourth-order valence-electron chi connectivity index (χ4n) is 2.06. The van der Waals surface area contributed by atoms with Gasteiger partial charge < -0.3 is 10.1 Å². The van der Waals surface area contributed by atoms with E-state index in [1.54, 1.807) is 24.3 Å². The highest BCUT2D eigenvalue weighted by molar-refractivity contribution is 5.94. The van der Waals surface area contributed by atoms with Gasteiger partial charge in [-0.1, -0.05) is 19.1 Å². The Kier molecular flexibility index (Phi) is 5.31. The van der Waals surface area contributed by atoms with Crippen LogP contribution < -0.4 is 10.1 Å². The Labute approximate surface area is 130 Å². The zero-order chi connectivity index (χ0) is 15.9. The van der Waals surface area contributed by atoms with Crippen molar-refractivity contribution in [1.29, 1.82) is 0 Å². The molecule has 4 heteroatoms. The number of hydrogen-bond acceptors (Lipinski definition) is 3. The summed E-state index contributed by atoms with van der Waals surface area (Å²) in [7, 11) is 0. The van der Waals surface area contributed by atoms with Crippen molar-refractivity contribution in [3.63, 3.8) is 0 Å². The first-order valence-electron chi connectivity index (χ1n) is 7.22. The average molecular weight is 297 g/mol. The van der Waals surface area contributed by atoms with Gasteiger partial charge in [-0.25, -0.2) is 0 Å². The van der Waals surface area contributed by atoms with Crippen molar-refractivity contribution >= 4 is 17.9 Å². The first kappa shape index (κ1) is 15.8. The molecule has 0 fully saturated rings. The number of ether oxygens (including phenoxy) is 1. The minimum absolute atomic E-state index is 0.187. The molecule has 2 rings (SSSR count). The van der Waals surface area contributed by atoms with Crippen LogP contribution in [0.25, 0.3) is 0 Å². The first-order valence-corrected chi connectivity index (χ1v) is 7.22. The summed E-state index contributed by atoms with van der Waals surface area (Å²) in [4.78, 5) is 22.9. The lowest BCUT2D eigenvalue weighted by Crippen LogP contribution is -2.32. The van der Waals surface area contributed by atoms with Gasteiger partial charge >= 0.3 is 0 Å². The summed E-state index contributed by atoms with van der Waals surface area (Å²) in [6, 6.07) is 14.3. The second kappa shape index (κ2) is 7.41. The van der Waals surface area contributed by atoms with E-state index in [0.717, 1.165) is 17.5 Å². The quantitative estimate of drug-likeness (QED) is 0.829. The molecule has 0 heterocycles. The monoisotopic (exact) mass is 297 g/mol. The molecular formula is C18H19NO3. The Bertz CT molecular complexity index is 650. The normalized spacial score (nSPS) is 11.5. The number of benzene rings is 2. The lowest BCUT2D eigenvalue weighted by molar-refractivity contribution is -0.122. The van der Waals surface area contributed by atoms with Gasteiger partial charge in [0.2, 0.25) is 0 Å². The van der Waals surface area contributed by atoms with Crippen LogP contribution in [0, 0.1) is 6.92 Å². The number of amides is 1. The number of nitrogens with one attached hydrogen (secondary N) is 1. The minimum atomic E-state index is -0.581. The molecular weight excluding hydrogens is 278 g/mol. The average Bonchev–Trinajstić information content (AvgIpc) is 2.53. The molecule has 1 amide bonds. The van der Waals surface area contributed by atoms with Crippen LogP contribution in [0.15, 0.2) is 48.5 Å². The summed E-state index contributed by atoms with van der Waals surface area (Å²) in [5, 5.41) is 2.86. The number of aldehydes is 1. The molecule has 0 aliphatic rings. The molecule has 22 heavy (non-hydrogen) atoms. The van der Waals surface area contributed by atoms with E-state index < -0.39 is 6.10 Å². The topological polar surface area (TPSA) is 55.4 Å². The molecule has 114 valence electrons. The highest BCUT2D eigenvalue weighted by atomic mass is 16.5. The van der Waals surface area contributed by atoms with E-state index in [0.29, 0.717) is 17.7 Å². The van der Waals surface area contributed by atoms with Crippen LogP contribution in [0.3, 0.4) is 0 Å². The van der Waals surface area contributed by atoms with Gasteiger partial charge in [0.1, 0.15) is 12.0 Å². The van der Waals surface area contributed by atoms with Crippen LogP contribution in [-0.2, 0) is 4.79 Å². The molecule has 1 unspecified atom stereocenters. The van der Waals surface area contributed by atoms with Gasteiger partial charge in [-0.15, -0.1) is 0 Å². The van der Waals surface area contributed by atoms with E-state index in [1.807, 2.05) is 38.1 Å². The lowest BCUT2D eigenvalue weighted by atomic mass is 10.2. The molecule has 2 aromatic rings. The Hall–Kier alpha value is -2.62. The van der Waals surface area contributed by atoms with E-state index in [4.69, 9.17) is 4.74 Å². The summed E-state index contributed by atoms with van der Waals surface area (Å²) >= 11 is 0. The summed E-state index contributed by atoms with van der Waals surface area (Å²) < 4.78 is 5.70. The zero-order valence-electron chi connectivity index (χ0n) is 12.7. The number of rotatable bonds is 6. The van der Waals surface area contributed by atoms with Gasteiger partial charge in [0, 0.05) is 11.3 Å². The van der Waals surface area contributed by atoms with Crippen molar-refractivity contribution in [1.82, 2.24) is 0 Å². The van der Waals surface area contributed by atoms with Crippen molar-refractivity contribution in [3.8, 4) is 5.75 Å². The summed E-state index contributed by atoms with van der Waals surface area (Å²) in [6.45, 7) is 3.86. The first-order chi connectivity index (χ1) is 10.6. The third-order valence-electron chi connectivity index (χ3n) is 3.24. The molecule has 1 atom stereocenters. The van der Waals surface area contributed by atoms with Gasteiger partial charge in [-0.2, -0.15) is 0 Å². The Morgan fingerprint density at radius 2 is 1.95 bits per heavy atom. The summed E-state index contributed by atoms with van der Waals surface area (Å²) in [5.74, 6) is 0.379. The molecule has 0 spiro atoms. The smallest absolute Gasteiger partial charge is 0.265 e. The lowest BCUT2D eigenvalue weighted by Gasteiger charge is -2.17. The molecule has 4 nitrogen and oxygen atoms in total. The fourth-order valence-corrected chi connectivity index (χ4v) is 2.06. The summed E-state index contributed by atoms with van der Waals surface area (Å²) in [5.41, 5.74) is 2.41. The molecule has 1 N–H and O–H groups in total. The van der Waals surface area contributed by atoms with Crippen molar-refractivity contribution in [2.75, 3.05) is 5.32 Å². The third-order valence-corrected chi connectivity index (χ3v) is 3.24. The highest BCUT2D eigenvalue weighted by Crippen LogP contribution is 2.16. The van der Waals surface area contributed by atoms with Gasteiger partial charge in [0.15, 0.2) is 6.10 Å². The van der Waals surface area contributed by atoms with E-state index in [1.165, 1.54) is 0 Å². The molecule has 0 bridgehead atoms. The number of hydrogen-bond donors (Lipinski definition) is 1. The highest BCUT2D eigenvalue weighted by Gasteiger charge is 2.18.